The van der Waals surface area contributed by atoms with Crippen molar-refractivity contribution in [3.63, 3.8) is 0 Å². The minimum absolute atomic E-state index is 0.0843. The van der Waals surface area contributed by atoms with Gasteiger partial charge in [-0.1, -0.05) is 342 Å². The van der Waals surface area contributed by atoms with Gasteiger partial charge in [0.2, 0.25) is 0 Å². The predicted molar refractivity (Wildman–Crippen MR) is 404 cm³/mol. The maximum Gasteiger partial charge on any atom is 0.472 e. The van der Waals surface area contributed by atoms with Gasteiger partial charge in [0.25, 0.3) is 0 Å². The zero-order valence-electron chi connectivity index (χ0n) is 64.3. The molecule has 0 aromatic carbocycles. The van der Waals surface area contributed by atoms with E-state index in [0.29, 0.717) is 25.7 Å². The summed E-state index contributed by atoms with van der Waals surface area (Å²) in [6.07, 6.45) is 63.2. The number of carbonyl (C=O) groups excluding carboxylic acids is 4. The normalized spacial score (nSPS) is 14.6. The minimum atomic E-state index is -4.97. The van der Waals surface area contributed by atoms with Crippen LogP contribution in [0.15, 0.2) is 24.3 Å². The maximum absolute atomic E-state index is 13.1. The first-order valence-corrected chi connectivity index (χ1v) is 43.9. The highest BCUT2D eigenvalue weighted by Gasteiger charge is 2.30. The van der Waals surface area contributed by atoms with Gasteiger partial charge in [-0.3, -0.25) is 37.3 Å². The first-order valence-electron chi connectivity index (χ1n) is 40.9. The molecule has 0 bridgehead atoms. The van der Waals surface area contributed by atoms with E-state index in [9.17, 15) is 43.2 Å². The monoisotopic (exact) mass is 1450 g/mol. The Morgan fingerprint density at radius 2 is 0.566 bits per heavy atom. The van der Waals surface area contributed by atoms with Crippen LogP contribution in [0.4, 0.5) is 0 Å². The summed E-state index contributed by atoms with van der Waals surface area (Å²) in [4.78, 5) is 73.0. The number of unbranched alkanes of at least 4 members (excludes halogenated alkanes) is 42. The molecule has 4 unspecified atom stereocenters. The van der Waals surface area contributed by atoms with Gasteiger partial charge < -0.3 is 33.8 Å². The standard InChI is InChI=1S/C80H152O17P2/c1-7-11-13-15-17-19-21-23-25-27-31-35-39-43-50-56-62-77(82)90-68-75(96-79(84)64-59-53-45-41-37-33-29-28-30-34-38-42-48-54-60-72(5)9-3)70-94-98(86,87)92-66-74(81)67-93-99(88,89)95-71-76(69-91-78(83)63-57-51-47-46-49-55-61-73(6)10-4)97-80(85)65-58-52-44-40-36-32-26-24-22-20-18-16-14-12-8-2/h20,22,24,26,72-76,81H,7-19,21,23,25,27-71H2,1-6H3,(H,86,87)(H,88,89)/b22-20-,26-24-/t72?,73?,74-,75-,76-/m1/s1. The molecular formula is C80H152O17P2. The lowest BCUT2D eigenvalue weighted by Gasteiger charge is -2.21. The number of aliphatic hydroxyl groups is 1. The van der Waals surface area contributed by atoms with Crippen LogP contribution in [0, 0.1) is 11.8 Å². The van der Waals surface area contributed by atoms with Crippen LogP contribution in [-0.2, 0) is 65.4 Å². The molecule has 7 atom stereocenters. The van der Waals surface area contributed by atoms with Gasteiger partial charge in [0.1, 0.15) is 19.3 Å². The Kier molecular flexibility index (Phi) is 69.4. The van der Waals surface area contributed by atoms with E-state index in [2.05, 4.69) is 65.8 Å². The highest BCUT2D eigenvalue weighted by Crippen LogP contribution is 2.45. The molecule has 0 rings (SSSR count). The average molecular weight is 1450 g/mol. The molecule has 3 N–H and O–H groups in total. The van der Waals surface area contributed by atoms with Crippen molar-refractivity contribution in [2.75, 3.05) is 39.6 Å². The number of carbonyl (C=O) groups is 4. The third-order valence-corrected chi connectivity index (χ3v) is 20.7. The van der Waals surface area contributed by atoms with E-state index in [1.807, 2.05) is 0 Å². The quantitative estimate of drug-likeness (QED) is 0.0169. The maximum atomic E-state index is 13.1. The molecule has 0 aliphatic heterocycles. The fourth-order valence-electron chi connectivity index (χ4n) is 11.8. The van der Waals surface area contributed by atoms with E-state index in [1.54, 1.807) is 0 Å². The molecule has 0 aliphatic carbocycles. The number of rotatable bonds is 77. The second-order valence-corrected chi connectivity index (χ2v) is 31.5. The number of phosphoric acid groups is 2. The molecule has 0 aromatic heterocycles. The lowest BCUT2D eigenvalue weighted by Crippen LogP contribution is -2.30. The Balaban J connectivity index is 5.29. The summed E-state index contributed by atoms with van der Waals surface area (Å²) in [5.74, 6) is -0.569. The summed E-state index contributed by atoms with van der Waals surface area (Å²) < 4.78 is 68.6. The Bertz CT molecular complexity index is 2010. The van der Waals surface area contributed by atoms with E-state index in [-0.39, 0.29) is 25.7 Å². The SMILES string of the molecule is CCCCCC/C=C\C=C/CCCCCCCC(=O)O[C@H](COC(=O)CCCCCCCCC(C)CC)COP(=O)(O)OC[C@H](O)COP(=O)(O)OC[C@@H](COC(=O)CCCCCCCCCCCCCCCCCC)OC(=O)CCCCCCCCCCCCCCCCC(C)CC. The number of hydrogen-bond acceptors (Lipinski definition) is 15. The van der Waals surface area contributed by atoms with Crippen LogP contribution in [-0.4, -0.2) is 96.7 Å². The molecule has 0 aliphatic rings. The lowest BCUT2D eigenvalue weighted by molar-refractivity contribution is -0.161. The number of hydrogen-bond donors (Lipinski definition) is 3. The first-order chi connectivity index (χ1) is 47.9. The lowest BCUT2D eigenvalue weighted by atomic mass is 9.99. The Labute approximate surface area is 605 Å². The highest BCUT2D eigenvalue weighted by atomic mass is 31.2. The van der Waals surface area contributed by atoms with Gasteiger partial charge in [-0.2, -0.15) is 0 Å². The summed E-state index contributed by atoms with van der Waals surface area (Å²) >= 11 is 0. The van der Waals surface area contributed by atoms with E-state index in [0.717, 1.165) is 121 Å². The molecule has 0 saturated carbocycles. The van der Waals surface area contributed by atoms with Crippen LogP contribution < -0.4 is 0 Å². The summed E-state index contributed by atoms with van der Waals surface area (Å²) in [5, 5.41) is 10.6. The summed E-state index contributed by atoms with van der Waals surface area (Å²) in [6.45, 7) is 9.57. The molecule has 0 heterocycles. The molecule has 0 amide bonds. The predicted octanol–water partition coefficient (Wildman–Crippen LogP) is 23.4. The van der Waals surface area contributed by atoms with Crippen molar-refractivity contribution in [3.8, 4) is 0 Å². The largest absolute Gasteiger partial charge is 0.472 e. The minimum Gasteiger partial charge on any atom is -0.462 e. The number of ether oxygens (including phenoxy) is 4. The molecule has 99 heavy (non-hydrogen) atoms. The van der Waals surface area contributed by atoms with Crippen molar-refractivity contribution in [1.82, 2.24) is 0 Å². The average Bonchev–Trinajstić information content (AvgIpc) is 0.970. The van der Waals surface area contributed by atoms with Crippen molar-refractivity contribution < 1.29 is 80.2 Å². The van der Waals surface area contributed by atoms with Crippen molar-refractivity contribution in [2.24, 2.45) is 11.8 Å². The van der Waals surface area contributed by atoms with Gasteiger partial charge in [0.15, 0.2) is 12.2 Å². The zero-order valence-corrected chi connectivity index (χ0v) is 66.1. The Hall–Kier alpha value is -2.46. The topological polar surface area (TPSA) is 237 Å². The number of phosphoric ester groups is 2. The van der Waals surface area contributed by atoms with Gasteiger partial charge in [-0.25, -0.2) is 9.13 Å². The summed E-state index contributed by atoms with van der Waals surface area (Å²) in [6, 6.07) is 0. The van der Waals surface area contributed by atoms with Gasteiger partial charge in [0, 0.05) is 25.7 Å². The number of aliphatic hydroxyl groups excluding tert-OH is 1. The molecule has 584 valence electrons. The number of allylic oxidation sites excluding steroid dienone is 4. The molecule has 17 nitrogen and oxygen atoms in total. The summed E-state index contributed by atoms with van der Waals surface area (Å²) in [7, 11) is -9.93. The molecular weight excluding hydrogens is 1290 g/mol. The molecule has 0 saturated heterocycles. The smallest absolute Gasteiger partial charge is 0.462 e. The van der Waals surface area contributed by atoms with Crippen molar-refractivity contribution in [3.05, 3.63) is 24.3 Å². The van der Waals surface area contributed by atoms with Gasteiger partial charge >= 0.3 is 39.5 Å². The first kappa shape index (κ1) is 96.5. The van der Waals surface area contributed by atoms with Crippen molar-refractivity contribution >= 4 is 39.5 Å². The van der Waals surface area contributed by atoms with E-state index in [4.69, 9.17) is 37.0 Å². The van der Waals surface area contributed by atoms with Crippen LogP contribution in [0.25, 0.3) is 0 Å². The fourth-order valence-corrected chi connectivity index (χ4v) is 13.3. The molecule has 0 radical (unpaired) electrons. The second kappa shape index (κ2) is 71.2. The van der Waals surface area contributed by atoms with Gasteiger partial charge in [-0.05, 0) is 63.2 Å². The van der Waals surface area contributed by atoms with Crippen LogP contribution in [0.3, 0.4) is 0 Å². The third kappa shape index (κ3) is 71.0. The van der Waals surface area contributed by atoms with Crippen LogP contribution >= 0.6 is 15.6 Å². The van der Waals surface area contributed by atoms with Crippen LogP contribution in [0.2, 0.25) is 0 Å². The highest BCUT2D eigenvalue weighted by molar-refractivity contribution is 7.47. The number of esters is 4. The van der Waals surface area contributed by atoms with Crippen molar-refractivity contribution in [1.29, 1.82) is 0 Å². The second-order valence-electron chi connectivity index (χ2n) is 28.6. The molecule has 0 spiro atoms. The fraction of sp³-hybridized carbons (Fsp3) is 0.900. The van der Waals surface area contributed by atoms with Crippen molar-refractivity contribution in [2.45, 2.75) is 413 Å². The summed E-state index contributed by atoms with van der Waals surface area (Å²) in [5.41, 5.74) is 0. The Morgan fingerprint density at radius 1 is 0.323 bits per heavy atom. The molecule has 0 aromatic rings. The van der Waals surface area contributed by atoms with Gasteiger partial charge in [-0.15, -0.1) is 0 Å². The van der Waals surface area contributed by atoms with Gasteiger partial charge in [0.05, 0.1) is 26.4 Å². The third-order valence-electron chi connectivity index (χ3n) is 18.8. The van der Waals surface area contributed by atoms with E-state index >= 15 is 0 Å². The van der Waals surface area contributed by atoms with Crippen LogP contribution in [0.1, 0.15) is 395 Å². The van der Waals surface area contributed by atoms with Crippen LogP contribution in [0.5, 0.6) is 0 Å². The molecule has 0 fully saturated rings. The Morgan fingerprint density at radius 3 is 0.859 bits per heavy atom. The van der Waals surface area contributed by atoms with E-state index in [1.165, 1.54) is 193 Å². The zero-order chi connectivity index (χ0) is 72.8. The molecule has 19 heteroatoms. The van der Waals surface area contributed by atoms with E-state index < -0.39 is 97.5 Å².